The van der Waals surface area contributed by atoms with Crippen LogP contribution in [0.15, 0.2) is 0 Å². The molecule has 0 saturated carbocycles. The van der Waals surface area contributed by atoms with Gasteiger partial charge in [-0.1, -0.05) is 11.4 Å². The lowest BCUT2D eigenvalue weighted by Crippen LogP contribution is -2.44. The summed E-state index contributed by atoms with van der Waals surface area (Å²) in [5.74, 6) is -0.321. The summed E-state index contributed by atoms with van der Waals surface area (Å²) in [7, 11) is 1.37. The molecule has 2 rings (SSSR count). The zero-order valence-electron chi connectivity index (χ0n) is 11.8. The highest BCUT2D eigenvalue weighted by atomic mass is 32.1. The average molecular weight is 297 g/mol. The molecule has 2 heterocycles. The van der Waals surface area contributed by atoms with E-state index in [9.17, 15) is 9.59 Å². The number of amides is 1. The number of nitrogens with zero attached hydrogens (tertiary/aromatic N) is 3. The minimum Gasteiger partial charge on any atom is -0.469 e. The monoisotopic (exact) mass is 297 g/mol. The van der Waals surface area contributed by atoms with Crippen LogP contribution in [0.3, 0.4) is 0 Å². The van der Waals surface area contributed by atoms with Gasteiger partial charge in [0.1, 0.15) is 4.88 Å². The number of hydrogen-bond acceptors (Lipinski definition) is 6. The molecule has 1 aromatic heterocycles. The van der Waals surface area contributed by atoms with Gasteiger partial charge in [0.2, 0.25) is 0 Å². The molecule has 0 bridgehead atoms. The summed E-state index contributed by atoms with van der Waals surface area (Å²) in [6, 6.07) is -0.0736. The summed E-state index contributed by atoms with van der Waals surface area (Å²) in [5.41, 5.74) is 0.738. The number of methoxy groups -OCH3 is 1. The van der Waals surface area contributed by atoms with Gasteiger partial charge < -0.3 is 9.64 Å². The standard InChI is InChI=1S/C13H19N3O3S/c1-3-10-12(20-15-14-10)13(18)16-7-5-4-6-9(16)8-11(17)19-2/h9H,3-8H2,1-2H3. The molecule has 1 aromatic rings. The molecule has 20 heavy (non-hydrogen) atoms. The van der Waals surface area contributed by atoms with E-state index in [0.29, 0.717) is 17.8 Å². The van der Waals surface area contributed by atoms with Gasteiger partial charge in [0.05, 0.1) is 19.2 Å². The molecule has 0 radical (unpaired) electrons. The topological polar surface area (TPSA) is 72.4 Å². The van der Waals surface area contributed by atoms with Crippen molar-refractivity contribution in [3.8, 4) is 0 Å². The van der Waals surface area contributed by atoms with Crippen LogP contribution in [-0.4, -0.2) is 46.1 Å². The first kappa shape index (κ1) is 14.9. The Morgan fingerprint density at radius 2 is 2.25 bits per heavy atom. The van der Waals surface area contributed by atoms with Crippen molar-refractivity contribution in [3.63, 3.8) is 0 Å². The number of hydrogen-bond donors (Lipinski definition) is 0. The SMILES string of the molecule is CCc1nnsc1C(=O)N1CCCCC1CC(=O)OC. The summed E-state index contributed by atoms with van der Waals surface area (Å²) in [6.45, 7) is 2.64. The van der Waals surface area contributed by atoms with Gasteiger partial charge in [-0.2, -0.15) is 0 Å². The molecule has 1 unspecified atom stereocenters. The maximum atomic E-state index is 12.6. The second-order valence-electron chi connectivity index (χ2n) is 4.83. The summed E-state index contributed by atoms with van der Waals surface area (Å²) in [6.07, 6.45) is 3.79. The van der Waals surface area contributed by atoms with Crippen LogP contribution in [0.2, 0.25) is 0 Å². The Morgan fingerprint density at radius 1 is 1.45 bits per heavy atom. The molecule has 0 spiro atoms. The van der Waals surface area contributed by atoms with E-state index in [-0.39, 0.29) is 24.3 Å². The highest BCUT2D eigenvalue weighted by molar-refractivity contribution is 7.08. The summed E-state index contributed by atoms with van der Waals surface area (Å²) < 4.78 is 8.58. The van der Waals surface area contributed by atoms with E-state index in [1.807, 2.05) is 6.92 Å². The molecule has 1 atom stereocenters. The smallest absolute Gasteiger partial charge is 0.307 e. The predicted molar refractivity (Wildman–Crippen MR) is 74.6 cm³/mol. The van der Waals surface area contributed by atoms with Gasteiger partial charge in [0.25, 0.3) is 5.91 Å². The molecule has 0 N–H and O–H groups in total. The number of aryl methyl sites for hydroxylation is 1. The first-order valence-electron chi connectivity index (χ1n) is 6.86. The Hall–Kier alpha value is -1.50. The molecule has 7 heteroatoms. The van der Waals surface area contributed by atoms with E-state index < -0.39 is 0 Å². The molecule has 1 aliphatic heterocycles. The van der Waals surface area contributed by atoms with Gasteiger partial charge >= 0.3 is 5.97 Å². The van der Waals surface area contributed by atoms with E-state index in [1.54, 1.807) is 4.90 Å². The van der Waals surface area contributed by atoms with Crippen LogP contribution in [0.4, 0.5) is 0 Å². The molecule has 1 amide bonds. The predicted octanol–water partition coefficient (Wildman–Crippen LogP) is 1.66. The summed E-state index contributed by atoms with van der Waals surface area (Å²) in [4.78, 5) is 26.5. The molecule has 0 aromatic carbocycles. The number of likely N-dealkylation sites (tertiary alicyclic amines) is 1. The Balaban J connectivity index is 2.15. The number of aromatic nitrogens is 2. The number of carbonyl (C=O) groups is 2. The van der Waals surface area contributed by atoms with Crippen molar-refractivity contribution in [3.05, 3.63) is 10.6 Å². The Kier molecular flexibility index (Phi) is 5.05. The van der Waals surface area contributed by atoms with Crippen LogP contribution in [0.5, 0.6) is 0 Å². The lowest BCUT2D eigenvalue weighted by atomic mass is 9.99. The largest absolute Gasteiger partial charge is 0.469 e. The minimum atomic E-state index is -0.271. The Labute approximate surface area is 122 Å². The third-order valence-corrected chi connectivity index (χ3v) is 4.36. The molecule has 110 valence electrons. The number of piperidine rings is 1. The van der Waals surface area contributed by atoms with Gasteiger partial charge in [-0.25, -0.2) is 0 Å². The number of ether oxygens (including phenoxy) is 1. The van der Waals surface area contributed by atoms with Crippen molar-refractivity contribution in [1.29, 1.82) is 0 Å². The number of esters is 1. The van der Waals surface area contributed by atoms with E-state index in [0.717, 1.165) is 36.5 Å². The normalized spacial score (nSPS) is 18.9. The average Bonchev–Trinajstić information content (AvgIpc) is 2.95. The van der Waals surface area contributed by atoms with E-state index in [1.165, 1.54) is 7.11 Å². The summed E-state index contributed by atoms with van der Waals surface area (Å²) >= 11 is 1.13. The van der Waals surface area contributed by atoms with E-state index >= 15 is 0 Å². The second-order valence-corrected chi connectivity index (χ2v) is 5.58. The third kappa shape index (κ3) is 3.15. The van der Waals surface area contributed by atoms with Crippen molar-refractivity contribution in [2.75, 3.05) is 13.7 Å². The number of rotatable bonds is 4. The Morgan fingerprint density at radius 3 is 2.95 bits per heavy atom. The second kappa shape index (κ2) is 6.78. The first-order valence-corrected chi connectivity index (χ1v) is 7.63. The van der Waals surface area contributed by atoms with Gasteiger partial charge in [-0.3, -0.25) is 9.59 Å². The zero-order valence-corrected chi connectivity index (χ0v) is 12.6. The van der Waals surface area contributed by atoms with Gasteiger partial charge in [-0.05, 0) is 37.2 Å². The minimum absolute atomic E-state index is 0.0505. The number of carbonyl (C=O) groups excluding carboxylic acids is 2. The molecule has 0 aliphatic carbocycles. The fourth-order valence-corrected chi connectivity index (χ4v) is 3.20. The molecule has 1 fully saturated rings. The maximum Gasteiger partial charge on any atom is 0.307 e. The molecular formula is C13H19N3O3S. The van der Waals surface area contributed by atoms with Crippen LogP contribution >= 0.6 is 11.5 Å². The molecule has 1 saturated heterocycles. The van der Waals surface area contributed by atoms with Gasteiger partial charge in [-0.15, -0.1) is 5.10 Å². The maximum absolute atomic E-state index is 12.6. The van der Waals surface area contributed by atoms with Gasteiger partial charge in [0, 0.05) is 12.6 Å². The van der Waals surface area contributed by atoms with Crippen LogP contribution in [0.1, 0.15) is 48.0 Å². The zero-order chi connectivity index (χ0) is 14.5. The third-order valence-electron chi connectivity index (χ3n) is 3.60. The van der Waals surface area contributed by atoms with Crippen molar-refractivity contribution >= 4 is 23.4 Å². The van der Waals surface area contributed by atoms with Crippen LogP contribution in [-0.2, 0) is 16.0 Å². The van der Waals surface area contributed by atoms with Crippen LogP contribution < -0.4 is 0 Å². The Bertz CT molecular complexity index is 489. The quantitative estimate of drug-likeness (QED) is 0.790. The van der Waals surface area contributed by atoms with E-state index in [4.69, 9.17) is 4.74 Å². The first-order chi connectivity index (χ1) is 9.67. The van der Waals surface area contributed by atoms with Crippen molar-refractivity contribution in [1.82, 2.24) is 14.5 Å². The van der Waals surface area contributed by atoms with Crippen molar-refractivity contribution < 1.29 is 14.3 Å². The molecule has 1 aliphatic rings. The van der Waals surface area contributed by atoms with Crippen molar-refractivity contribution in [2.24, 2.45) is 0 Å². The fraction of sp³-hybridized carbons (Fsp3) is 0.692. The molecule has 6 nitrogen and oxygen atoms in total. The van der Waals surface area contributed by atoms with Gasteiger partial charge in [0.15, 0.2) is 0 Å². The lowest BCUT2D eigenvalue weighted by molar-refractivity contribution is -0.142. The fourth-order valence-electron chi connectivity index (χ4n) is 2.49. The van der Waals surface area contributed by atoms with Crippen molar-refractivity contribution in [2.45, 2.75) is 45.1 Å². The summed E-state index contributed by atoms with van der Waals surface area (Å²) in [5, 5.41) is 3.98. The highest BCUT2D eigenvalue weighted by Gasteiger charge is 2.31. The lowest BCUT2D eigenvalue weighted by Gasteiger charge is -2.34. The van der Waals surface area contributed by atoms with E-state index in [2.05, 4.69) is 9.59 Å². The molecular weight excluding hydrogens is 278 g/mol. The van der Waals surface area contributed by atoms with Crippen LogP contribution in [0.25, 0.3) is 0 Å². The van der Waals surface area contributed by atoms with Crippen LogP contribution in [0, 0.1) is 0 Å². The highest BCUT2D eigenvalue weighted by Crippen LogP contribution is 2.24.